The molecular formula is C14H12BrFN2O. The van der Waals surface area contributed by atoms with Crippen molar-refractivity contribution in [1.82, 2.24) is 5.32 Å². The lowest BCUT2D eigenvalue weighted by Gasteiger charge is -2.06. The Morgan fingerprint density at radius 3 is 2.53 bits per heavy atom. The molecule has 0 aliphatic rings. The number of nitrogen functional groups attached to an aromatic ring is 1. The van der Waals surface area contributed by atoms with Gasteiger partial charge in [-0.25, -0.2) is 4.39 Å². The molecule has 0 aliphatic heterocycles. The van der Waals surface area contributed by atoms with Crippen LogP contribution in [0.25, 0.3) is 0 Å². The number of amides is 1. The number of rotatable bonds is 3. The first-order chi connectivity index (χ1) is 9.04. The van der Waals surface area contributed by atoms with Crippen LogP contribution in [0.1, 0.15) is 15.9 Å². The van der Waals surface area contributed by atoms with Gasteiger partial charge in [0.25, 0.3) is 5.91 Å². The van der Waals surface area contributed by atoms with E-state index >= 15 is 0 Å². The molecule has 0 fully saturated rings. The van der Waals surface area contributed by atoms with E-state index in [1.54, 1.807) is 18.2 Å². The molecule has 0 heterocycles. The quantitative estimate of drug-likeness (QED) is 0.853. The van der Waals surface area contributed by atoms with Crippen molar-refractivity contribution < 1.29 is 9.18 Å². The zero-order valence-corrected chi connectivity index (χ0v) is 11.6. The van der Waals surface area contributed by atoms with Crippen LogP contribution in [-0.4, -0.2) is 5.91 Å². The van der Waals surface area contributed by atoms with Gasteiger partial charge in [0.2, 0.25) is 0 Å². The molecule has 2 aromatic carbocycles. The van der Waals surface area contributed by atoms with Crippen LogP contribution in [0.15, 0.2) is 46.9 Å². The standard InChI is InChI=1S/C14H12BrFN2O/c15-11-5-10(6-12(16)7-11)14(19)18-8-9-1-3-13(17)4-2-9/h1-7H,8,17H2,(H,18,19). The third-order valence-electron chi connectivity index (χ3n) is 2.56. The third kappa shape index (κ3) is 3.79. The van der Waals surface area contributed by atoms with Crippen molar-refractivity contribution in [3.63, 3.8) is 0 Å². The van der Waals surface area contributed by atoms with E-state index in [4.69, 9.17) is 5.73 Å². The summed E-state index contributed by atoms with van der Waals surface area (Å²) < 4.78 is 13.7. The summed E-state index contributed by atoms with van der Waals surface area (Å²) in [5, 5.41) is 2.72. The van der Waals surface area contributed by atoms with Crippen molar-refractivity contribution in [1.29, 1.82) is 0 Å². The molecule has 0 aromatic heterocycles. The van der Waals surface area contributed by atoms with Crippen LogP contribution in [0, 0.1) is 5.82 Å². The van der Waals surface area contributed by atoms with Gasteiger partial charge in [-0.1, -0.05) is 28.1 Å². The molecule has 0 saturated heterocycles. The average Bonchev–Trinajstić information content (AvgIpc) is 2.36. The average molecular weight is 323 g/mol. The number of anilines is 1. The van der Waals surface area contributed by atoms with E-state index < -0.39 is 5.82 Å². The summed E-state index contributed by atoms with van der Waals surface area (Å²) in [6.07, 6.45) is 0. The zero-order valence-electron chi connectivity index (χ0n) is 9.99. The molecule has 0 unspecified atom stereocenters. The Morgan fingerprint density at radius 1 is 1.21 bits per heavy atom. The van der Waals surface area contributed by atoms with Crippen molar-refractivity contribution in [3.05, 3.63) is 63.9 Å². The maximum absolute atomic E-state index is 13.2. The number of hydrogen-bond donors (Lipinski definition) is 2. The molecule has 2 rings (SSSR count). The summed E-state index contributed by atoms with van der Waals surface area (Å²) >= 11 is 3.15. The lowest BCUT2D eigenvalue weighted by atomic mass is 10.2. The maximum Gasteiger partial charge on any atom is 0.251 e. The molecule has 19 heavy (non-hydrogen) atoms. The second-order valence-electron chi connectivity index (χ2n) is 4.08. The van der Waals surface area contributed by atoms with Crippen LogP contribution < -0.4 is 11.1 Å². The Balaban J connectivity index is 2.03. The summed E-state index contributed by atoms with van der Waals surface area (Å²) in [7, 11) is 0. The van der Waals surface area contributed by atoms with E-state index in [0.717, 1.165) is 5.56 Å². The molecule has 0 radical (unpaired) electrons. The molecule has 0 bridgehead atoms. The Bertz CT molecular complexity index is 579. The van der Waals surface area contributed by atoms with Crippen LogP contribution in [0.3, 0.4) is 0 Å². The SMILES string of the molecule is Nc1ccc(CNC(=O)c2cc(F)cc(Br)c2)cc1. The Hall–Kier alpha value is -1.88. The van der Waals surface area contributed by atoms with Crippen molar-refractivity contribution >= 4 is 27.5 Å². The predicted molar refractivity (Wildman–Crippen MR) is 76.1 cm³/mol. The van der Waals surface area contributed by atoms with Crippen LogP contribution in [0.5, 0.6) is 0 Å². The van der Waals surface area contributed by atoms with Crippen LogP contribution >= 0.6 is 15.9 Å². The van der Waals surface area contributed by atoms with E-state index in [1.165, 1.54) is 12.1 Å². The monoisotopic (exact) mass is 322 g/mol. The number of carbonyl (C=O) groups is 1. The van der Waals surface area contributed by atoms with Gasteiger partial charge in [0.15, 0.2) is 0 Å². The van der Waals surface area contributed by atoms with Crippen LogP contribution in [-0.2, 0) is 6.54 Å². The lowest BCUT2D eigenvalue weighted by Crippen LogP contribution is -2.22. The fourth-order valence-corrected chi connectivity index (χ4v) is 2.07. The van der Waals surface area contributed by atoms with E-state index in [1.807, 2.05) is 12.1 Å². The molecule has 3 nitrogen and oxygen atoms in total. The van der Waals surface area contributed by atoms with Crippen molar-refractivity contribution in [2.75, 3.05) is 5.73 Å². The number of halogens is 2. The Morgan fingerprint density at radius 2 is 1.89 bits per heavy atom. The van der Waals surface area contributed by atoms with Gasteiger partial charge in [-0.15, -0.1) is 0 Å². The second kappa shape index (κ2) is 5.84. The molecule has 1 amide bonds. The van der Waals surface area contributed by atoms with Crippen LogP contribution in [0.2, 0.25) is 0 Å². The highest BCUT2D eigenvalue weighted by Crippen LogP contribution is 2.15. The normalized spacial score (nSPS) is 10.2. The molecule has 98 valence electrons. The highest BCUT2D eigenvalue weighted by molar-refractivity contribution is 9.10. The third-order valence-corrected chi connectivity index (χ3v) is 3.02. The summed E-state index contributed by atoms with van der Waals surface area (Å²) in [6, 6.07) is 11.3. The van der Waals surface area contributed by atoms with Crippen LogP contribution in [0.4, 0.5) is 10.1 Å². The van der Waals surface area contributed by atoms with Gasteiger partial charge >= 0.3 is 0 Å². The number of hydrogen-bond acceptors (Lipinski definition) is 2. The highest BCUT2D eigenvalue weighted by atomic mass is 79.9. The van der Waals surface area contributed by atoms with E-state index in [2.05, 4.69) is 21.2 Å². The molecule has 0 atom stereocenters. The van der Waals surface area contributed by atoms with Crippen molar-refractivity contribution in [3.8, 4) is 0 Å². The highest BCUT2D eigenvalue weighted by Gasteiger charge is 2.08. The van der Waals surface area contributed by atoms with Crippen molar-refractivity contribution in [2.45, 2.75) is 6.54 Å². The Kier molecular flexibility index (Phi) is 4.16. The molecule has 5 heteroatoms. The summed E-state index contributed by atoms with van der Waals surface area (Å²) in [5.41, 5.74) is 7.45. The van der Waals surface area contributed by atoms with Gasteiger partial charge in [0.1, 0.15) is 5.82 Å². The predicted octanol–water partition coefficient (Wildman–Crippen LogP) is 3.10. The molecule has 0 saturated carbocycles. The second-order valence-corrected chi connectivity index (χ2v) is 5.00. The largest absolute Gasteiger partial charge is 0.399 e. The molecule has 0 aliphatic carbocycles. The number of nitrogens with one attached hydrogen (secondary N) is 1. The summed E-state index contributed by atoms with van der Waals surface area (Å²) in [6.45, 7) is 0.368. The topological polar surface area (TPSA) is 55.1 Å². The van der Waals surface area contributed by atoms with E-state index in [0.29, 0.717) is 16.7 Å². The lowest BCUT2D eigenvalue weighted by molar-refractivity contribution is 0.0950. The Labute approximate surface area is 118 Å². The fraction of sp³-hybridized carbons (Fsp3) is 0.0714. The fourth-order valence-electron chi connectivity index (χ4n) is 1.60. The summed E-state index contributed by atoms with van der Waals surface area (Å²) in [4.78, 5) is 11.9. The zero-order chi connectivity index (χ0) is 13.8. The summed E-state index contributed by atoms with van der Waals surface area (Å²) in [5.74, 6) is -0.774. The number of nitrogens with two attached hydrogens (primary N) is 1. The number of carbonyl (C=O) groups excluding carboxylic acids is 1. The molecule has 3 N–H and O–H groups in total. The first kappa shape index (κ1) is 13.5. The minimum absolute atomic E-state index is 0.280. The van der Waals surface area contributed by atoms with E-state index in [9.17, 15) is 9.18 Å². The smallest absolute Gasteiger partial charge is 0.251 e. The van der Waals surface area contributed by atoms with Gasteiger partial charge in [-0.2, -0.15) is 0 Å². The van der Waals surface area contributed by atoms with Gasteiger partial charge in [-0.3, -0.25) is 4.79 Å². The van der Waals surface area contributed by atoms with Gasteiger partial charge in [0.05, 0.1) is 0 Å². The van der Waals surface area contributed by atoms with Gasteiger partial charge in [-0.05, 0) is 35.9 Å². The minimum Gasteiger partial charge on any atom is -0.399 e. The van der Waals surface area contributed by atoms with Crippen molar-refractivity contribution in [2.24, 2.45) is 0 Å². The first-order valence-corrected chi connectivity index (χ1v) is 6.42. The maximum atomic E-state index is 13.2. The van der Waals surface area contributed by atoms with E-state index in [-0.39, 0.29) is 11.5 Å². The van der Waals surface area contributed by atoms with Gasteiger partial charge < -0.3 is 11.1 Å². The molecular weight excluding hydrogens is 311 g/mol. The first-order valence-electron chi connectivity index (χ1n) is 5.63. The number of benzene rings is 2. The molecule has 0 spiro atoms. The van der Waals surface area contributed by atoms with Gasteiger partial charge in [0, 0.05) is 22.3 Å². The minimum atomic E-state index is -0.452. The molecule has 2 aromatic rings.